The quantitative estimate of drug-likeness (QED) is 0.414. The van der Waals surface area contributed by atoms with Crippen molar-refractivity contribution in [1.29, 1.82) is 0 Å². The highest BCUT2D eigenvalue weighted by molar-refractivity contribution is 5.53. The Hall–Kier alpha value is -2.09. The van der Waals surface area contributed by atoms with Gasteiger partial charge in [0.15, 0.2) is 0 Å². The fourth-order valence-corrected chi connectivity index (χ4v) is 1.61. The van der Waals surface area contributed by atoms with Gasteiger partial charge in [-0.25, -0.2) is 0 Å². The first-order valence-electron chi connectivity index (χ1n) is 6.07. The zero-order chi connectivity index (χ0) is 13.2. The van der Waals surface area contributed by atoms with Gasteiger partial charge in [-0.15, -0.1) is 0 Å². The topological polar surface area (TPSA) is 15.6 Å². The van der Waals surface area contributed by atoms with E-state index in [-0.39, 0.29) is 0 Å². The van der Waals surface area contributed by atoms with Gasteiger partial charge in [0.1, 0.15) is 0 Å². The third-order valence-corrected chi connectivity index (χ3v) is 2.35. The molecule has 1 aromatic rings. The molecule has 0 aliphatic rings. The van der Waals surface area contributed by atoms with E-state index in [4.69, 9.17) is 0 Å². The number of allylic oxidation sites excluding steroid dienone is 4. The zero-order valence-electron chi connectivity index (χ0n) is 11.1. The molecule has 0 spiro atoms. The zero-order valence-corrected chi connectivity index (χ0v) is 11.1. The van der Waals surface area contributed by atoms with Crippen LogP contribution in [0.25, 0.3) is 0 Å². The second kappa shape index (κ2) is 8.07. The number of hydrazone groups is 1. The Labute approximate surface area is 110 Å². The summed E-state index contributed by atoms with van der Waals surface area (Å²) in [6.45, 7) is 8.40. The molecule has 0 unspecified atom stereocenters. The third-order valence-electron chi connectivity index (χ3n) is 2.35. The summed E-state index contributed by atoms with van der Waals surface area (Å²) in [4.78, 5) is 0. The summed E-state index contributed by atoms with van der Waals surface area (Å²) >= 11 is 0. The minimum atomic E-state index is 0.745. The third kappa shape index (κ3) is 4.42. The van der Waals surface area contributed by atoms with Crippen LogP contribution in [0.1, 0.15) is 19.4 Å². The van der Waals surface area contributed by atoms with Crippen molar-refractivity contribution in [3.63, 3.8) is 0 Å². The van der Waals surface area contributed by atoms with Crippen molar-refractivity contribution in [2.75, 3.05) is 0 Å². The van der Waals surface area contributed by atoms with Gasteiger partial charge in [0.2, 0.25) is 0 Å². The largest absolute Gasteiger partial charge is 0.261 e. The lowest BCUT2D eigenvalue weighted by Gasteiger charge is -2.20. The molecule has 0 aliphatic carbocycles. The first-order valence-corrected chi connectivity index (χ1v) is 6.07. The number of benzene rings is 1. The molecule has 0 amide bonds. The molecule has 2 nitrogen and oxygen atoms in total. The van der Waals surface area contributed by atoms with E-state index in [1.165, 1.54) is 5.56 Å². The maximum Gasteiger partial charge on any atom is 0.0666 e. The fraction of sp³-hybridized carbons (Fsp3) is 0.188. The van der Waals surface area contributed by atoms with Crippen LogP contribution < -0.4 is 0 Å². The molecule has 0 aliphatic heterocycles. The highest BCUT2D eigenvalue weighted by atomic mass is 15.4. The lowest BCUT2D eigenvalue weighted by atomic mass is 10.2. The van der Waals surface area contributed by atoms with Crippen molar-refractivity contribution < 1.29 is 0 Å². The van der Waals surface area contributed by atoms with E-state index in [2.05, 4.69) is 23.8 Å². The summed E-state index contributed by atoms with van der Waals surface area (Å²) in [5, 5.41) is 6.35. The summed E-state index contributed by atoms with van der Waals surface area (Å²) < 4.78 is 0. The van der Waals surface area contributed by atoms with Crippen molar-refractivity contribution in [3.05, 3.63) is 72.5 Å². The molecule has 0 heterocycles. The predicted molar refractivity (Wildman–Crippen MR) is 79.2 cm³/mol. The van der Waals surface area contributed by atoms with E-state index in [0.717, 1.165) is 12.2 Å². The Morgan fingerprint density at radius 2 is 2.00 bits per heavy atom. The smallest absolute Gasteiger partial charge is 0.0666 e. The molecule has 0 N–H and O–H groups in total. The minimum absolute atomic E-state index is 0.745. The van der Waals surface area contributed by atoms with Crippen LogP contribution in [0.4, 0.5) is 0 Å². The van der Waals surface area contributed by atoms with Crippen molar-refractivity contribution >= 4 is 6.21 Å². The van der Waals surface area contributed by atoms with Crippen LogP contribution in [-0.4, -0.2) is 11.2 Å². The Morgan fingerprint density at radius 1 is 1.28 bits per heavy atom. The molecule has 0 saturated carbocycles. The summed E-state index contributed by atoms with van der Waals surface area (Å²) in [7, 11) is 0. The van der Waals surface area contributed by atoms with E-state index in [0.29, 0.717) is 0 Å². The van der Waals surface area contributed by atoms with Gasteiger partial charge in [0, 0.05) is 6.21 Å². The summed E-state index contributed by atoms with van der Waals surface area (Å²) in [6, 6.07) is 10.3. The molecular formula is C16H20N2. The van der Waals surface area contributed by atoms with Crippen molar-refractivity contribution in [2.24, 2.45) is 5.10 Å². The summed E-state index contributed by atoms with van der Waals surface area (Å²) in [5.74, 6) is 0. The van der Waals surface area contributed by atoms with Crippen LogP contribution in [0, 0.1) is 0 Å². The monoisotopic (exact) mass is 240 g/mol. The van der Waals surface area contributed by atoms with E-state index in [1.54, 1.807) is 12.3 Å². The first-order chi connectivity index (χ1) is 8.81. The van der Waals surface area contributed by atoms with Crippen LogP contribution in [0.2, 0.25) is 0 Å². The molecule has 1 aromatic carbocycles. The molecule has 18 heavy (non-hydrogen) atoms. The van der Waals surface area contributed by atoms with E-state index < -0.39 is 0 Å². The van der Waals surface area contributed by atoms with E-state index in [1.807, 2.05) is 55.3 Å². The van der Waals surface area contributed by atoms with Gasteiger partial charge in [-0.05, 0) is 31.6 Å². The van der Waals surface area contributed by atoms with E-state index in [9.17, 15) is 0 Å². The summed E-state index contributed by atoms with van der Waals surface area (Å²) in [5.41, 5.74) is 2.25. The minimum Gasteiger partial charge on any atom is -0.261 e. The standard InChI is InChI=1S/C16H20N2/c1-4-10-16(11-5-2)18(17-6-3)14-15-12-8-7-9-13-15/h4-13H,1,14H2,2-3H3/b11-5-,16-10+,17-6-. The normalized spacial score (nSPS) is 12.2. The highest BCUT2D eigenvalue weighted by Crippen LogP contribution is 2.13. The van der Waals surface area contributed by atoms with Gasteiger partial charge in [0.25, 0.3) is 0 Å². The number of hydrogen-bond acceptors (Lipinski definition) is 2. The Balaban J connectivity index is 2.94. The van der Waals surface area contributed by atoms with Crippen LogP contribution in [-0.2, 0) is 6.54 Å². The van der Waals surface area contributed by atoms with Crippen LogP contribution in [0.15, 0.2) is 72.0 Å². The summed E-state index contributed by atoms with van der Waals surface area (Å²) in [6.07, 6.45) is 9.55. The second-order valence-corrected chi connectivity index (χ2v) is 3.74. The first kappa shape index (κ1) is 14.0. The van der Waals surface area contributed by atoms with Crippen molar-refractivity contribution in [2.45, 2.75) is 20.4 Å². The van der Waals surface area contributed by atoms with Gasteiger partial charge in [-0.3, -0.25) is 5.01 Å². The van der Waals surface area contributed by atoms with Gasteiger partial charge >= 0.3 is 0 Å². The van der Waals surface area contributed by atoms with Gasteiger partial charge in [0.05, 0.1) is 12.2 Å². The highest BCUT2D eigenvalue weighted by Gasteiger charge is 2.05. The molecular weight excluding hydrogens is 220 g/mol. The molecule has 0 atom stereocenters. The number of rotatable bonds is 6. The Kier molecular flexibility index (Phi) is 6.26. The molecule has 0 bridgehead atoms. The van der Waals surface area contributed by atoms with Gasteiger partial charge in [-0.1, -0.05) is 49.1 Å². The van der Waals surface area contributed by atoms with Gasteiger partial charge in [-0.2, -0.15) is 5.10 Å². The van der Waals surface area contributed by atoms with Crippen molar-refractivity contribution in [1.82, 2.24) is 5.01 Å². The molecule has 0 saturated heterocycles. The van der Waals surface area contributed by atoms with Crippen molar-refractivity contribution in [3.8, 4) is 0 Å². The fourth-order valence-electron chi connectivity index (χ4n) is 1.61. The molecule has 94 valence electrons. The molecule has 0 radical (unpaired) electrons. The molecule has 2 heteroatoms. The van der Waals surface area contributed by atoms with Crippen LogP contribution in [0.5, 0.6) is 0 Å². The lowest BCUT2D eigenvalue weighted by molar-refractivity contribution is 0.370. The maximum atomic E-state index is 4.40. The average molecular weight is 240 g/mol. The molecule has 0 aromatic heterocycles. The maximum absolute atomic E-state index is 4.40. The lowest BCUT2D eigenvalue weighted by Crippen LogP contribution is -2.15. The Morgan fingerprint density at radius 3 is 2.56 bits per heavy atom. The average Bonchev–Trinajstić information content (AvgIpc) is 2.39. The SMILES string of the molecule is C=C/C=C(\C=C/C)N(Cc1ccccc1)/N=C\C. The van der Waals surface area contributed by atoms with E-state index >= 15 is 0 Å². The molecule has 0 fully saturated rings. The van der Waals surface area contributed by atoms with Crippen LogP contribution >= 0.6 is 0 Å². The predicted octanol–water partition coefficient (Wildman–Crippen LogP) is 4.14. The van der Waals surface area contributed by atoms with Gasteiger partial charge < -0.3 is 0 Å². The molecule has 1 rings (SSSR count). The number of hydrogen-bond donors (Lipinski definition) is 0. The number of nitrogens with zero attached hydrogens (tertiary/aromatic N) is 2. The van der Waals surface area contributed by atoms with Crippen LogP contribution in [0.3, 0.4) is 0 Å². The Bertz CT molecular complexity index is 441. The second-order valence-electron chi connectivity index (χ2n) is 3.74.